The molecule has 5 heteroatoms. The fraction of sp³-hybridized carbons (Fsp3) is 0.538. The lowest BCUT2D eigenvalue weighted by Gasteiger charge is -2.40. The number of ether oxygens (including phenoxy) is 1. The van der Waals surface area contributed by atoms with Crippen molar-refractivity contribution in [2.75, 3.05) is 26.3 Å². The molecule has 2 aliphatic heterocycles. The zero-order valence-corrected chi connectivity index (χ0v) is 10.2. The fourth-order valence-corrected chi connectivity index (χ4v) is 2.88. The van der Waals surface area contributed by atoms with Gasteiger partial charge in [-0.2, -0.15) is 0 Å². The Labute approximate surface area is 106 Å². The lowest BCUT2D eigenvalue weighted by molar-refractivity contribution is -0.112. The van der Waals surface area contributed by atoms with Crippen molar-refractivity contribution in [3.8, 4) is 0 Å². The van der Waals surface area contributed by atoms with Crippen LogP contribution in [-0.4, -0.2) is 37.2 Å². The second-order valence-electron chi connectivity index (χ2n) is 5.23. The summed E-state index contributed by atoms with van der Waals surface area (Å²) < 4.78 is 5.33. The number of hydrogen-bond donors (Lipinski definition) is 0. The van der Waals surface area contributed by atoms with Gasteiger partial charge in [0.1, 0.15) is 0 Å². The van der Waals surface area contributed by atoms with Gasteiger partial charge in [0.15, 0.2) is 0 Å². The Kier molecular flexibility index (Phi) is 2.96. The molecule has 0 aromatic heterocycles. The van der Waals surface area contributed by atoms with Crippen molar-refractivity contribution >= 4 is 0 Å². The van der Waals surface area contributed by atoms with Crippen LogP contribution in [0.25, 0.3) is 10.4 Å². The Morgan fingerprint density at radius 2 is 2.17 bits per heavy atom. The SMILES string of the molecule is [N-]=[N+]=N[C@H]1CN(Cc2ccccc2)CC12COC2. The summed E-state index contributed by atoms with van der Waals surface area (Å²) in [5.74, 6) is 0. The first-order valence-corrected chi connectivity index (χ1v) is 6.21. The maximum absolute atomic E-state index is 8.65. The molecule has 2 saturated heterocycles. The molecule has 0 aliphatic carbocycles. The molecule has 0 amide bonds. The highest BCUT2D eigenvalue weighted by Crippen LogP contribution is 2.40. The molecule has 94 valence electrons. The number of nitrogens with zero attached hydrogens (tertiary/aromatic N) is 4. The molecule has 18 heavy (non-hydrogen) atoms. The Morgan fingerprint density at radius 3 is 2.78 bits per heavy atom. The molecule has 1 atom stereocenters. The van der Waals surface area contributed by atoms with E-state index in [2.05, 4.69) is 39.2 Å². The molecule has 0 unspecified atom stereocenters. The normalized spacial score (nSPS) is 25.7. The predicted molar refractivity (Wildman–Crippen MR) is 67.9 cm³/mol. The van der Waals surface area contributed by atoms with E-state index >= 15 is 0 Å². The maximum atomic E-state index is 8.65. The second-order valence-corrected chi connectivity index (χ2v) is 5.23. The summed E-state index contributed by atoms with van der Waals surface area (Å²) in [4.78, 5) is 5.34. The molecule has 0 saturated carbocycles. The summed E-state index contributed by atoms with van der Waals surface area (Å²) in [5, 5.41) is 3.95. The molecule has 2 aliphatic rings. The van der Waals surface area contributed by atoms with Crippen LogP contribution in [0.2, 0.25) is 0 Å². The highest BCUT2D eigenvalue weighted by molar-refractivity contribution is 5.16. The summed E-state index contributed by atoms with van der Waals surface area (Å²) in [6.45, 7) is 4.16. The zero-order chi connectivity index (χ0) is 12.4. The van der Waals surface area contributed by atoms with Crippen LogP contribution in [0.1, 0.15) is 5.56 Å². The van der Waals surface area contributed by atoms with Gasteiger partial charge in [0.25, 0.3) is 0 Å². The molecule has 0 bridgehead atoms. The minimum absolute atomic E-state index is 0.0555. The summed E-state index contributed by atoms with van der Waals surface area (Å²) >= 11 is 0. The van der Waals surface area contributed by atoms with E-state index in [0.29, 0.717) is 0 Å². The molecule has 2 fully saturated rings. The Balaban J connectivity index is 1.71. The van der Waals surface area contributed by atoms with Crippen LogP contribution in [0.15, 0.2) is 35.4 Å². The van der Waals surface area contributed by atoms with Crippen molar-refractivity contribution in [1.29, 1.82) is 0 Å². The van der Waals surface area contributed by atoms with Crippen molar-refractivity contribution in [2.45, 2.75) is 12.6 Å². The Hall–Kier alpha value is -1.55. The second kappa shape index (κ2) is 4.61. The van der Waals surface area contributed by atoms with Gasteiger partial charge < -0.3 is 4.74 Å². The summed E-state index contributed by atoms with van der Waals surface area (Å²) in [5.41, 5.74) is 10.0. The van der Waals surface area contributed by atoms with Crippen molar-refractivity contribution in [3.05, 3.63) is 46.3 Å². The topological polar surface area (TPSA) is 61.2 Å². The third-order valence-electron chi connectivity index (χ3n) is 3.90. The molecule has 1 aromatic rings. The van der Waals surface area contributed by atoms with Gasteiger partial charge in [-0.3, -0.25) is 4.90 Å². The predicted octanol–water partition coefficient (Wildman–Crippen LogP) is 2.20. The molecular formula is C13H16N4O. The van der Waals surface area contributed by atoms with Gasteiger partial charge in [0.2, 0.25) is 0 Å². The third-order valence-corrected chi connectivity index (χ3v) is 3.90. The monoisotopic (exact) mass is 244 g/mol. The van der Waals surface area contributed by atoms with Crippen molar-refractivity contribution in [1.82, 2.24) is 4.90 Å². The average molecular weight is 244 g/mol. The largest absolute Gasteiger partial charge is 0.380 e. The van der Waals surface area contributed by atoms with Gasteiger partial charge in [-0.1, -0.05) is 35.4 Å². The molecule has 0 radical (unpaired) electrons. The minimum atomic E-state index is 0.0555. The minimum Gasteiger partial charge on any atom is -0.380 e. The van der Waals surface area contributed by atoms with Crippen LogP contribution in [0, 0.1) is 5.41 Å². The van der Waals surface area contributed by atoms with E-state index in [4.69, 9.17) is 10.3 Å². The highest BCUT2D eigenvalue weighted by Gasteiger charge is 2.51. The van der Waals surface area contributed by atoms with Crippen LogP contribution in [0.4, 0.5) is 0 Å². The van der Waals surface area contributed by atoms with E-state index in [1.54, 1.807) is 0 Å². The van der Waals surface area contributed by atoms with Crippen molar-refractivity contribution in [2.24, 2.45) is 10.5 Å². The van der Waals surface area contributed by atoms with E-state index in [9.17, 15) is 0 Å². The number of rotatable bonds is 3. The van der Waals surface area contributed by atoms with Crippen LogP contribution < -0.4 is 0 Å². The first-order chi connectivity index (χ1) is 8.82. The van der Waals surface area contributed by atoms with E-state index in [1.807, 2.05) is 6.07 Å². The van der Waals surface area contributed by atoms with Crippen molar-refractivity contribution < 1.29 is 4.74 Å². The summed E-state index contributed by atoms with van der Waals surface area (Å²) in [6, 6.07) is 10.4. The van der Waals surface area contributed by atoms with E-state index in [0.717, 1.165) is 32.8 Å². The molecule has 2 heterocycles. The van der Waals surface area contributed by atoms with Gasteiger partial charge in [-0.25, -0.2) is 0 Å². The van der Waals surface area contributed by atoms with Crippen LogP contribution in [0.3, 0.4) is 0 Å². The average Bonchev–Trinajstić information content (AvgIpc) is 2.69. The van der Waals surface area contributed by atoms with Gasteiger partial charge in [0, 0.05) is 30.0 Å². The fourth-order valence-electron chi connectivity index (χ4n) is 2.88. The first kappa shape index (κ1) is 11.5. The lowest BCUT2D eigenvalue weighted by Crippen LogP contribution is -2.50. The summed E-state index contributed by atoms with van der Waals surface area (Å²) in [7, 11) is 0. The van der Waals surface area contributed by atoms with Crippen LogP contribution in [-0.2, 0) is 11.3 Å². The van der Waals surface area contributed by atoms with Gasteiger partial charge in [0.05, 0.1) is 19.3 Å². The number of benzene rings is 1. The number of likely N-dealkylation sites (tertiary alicyclic amines) is 1. The molecule has 5 nitrogen and oxygen atoms in total. The van der Waals surface area contributed by atoms with Crippen LogP contribution in [0.5, 0.6) is 0 Å². The Morgan fingerprint density at radius 1 is 1.39 bits per heavy atom. The maximum Gasteiger partial charge on any atom is 0.0614 e. The lowest BCUT2D eigenvalue weighted by atomic mass is 9.81. The van der Waals surface area contributed by atoms with Gasteiger partial charge >= 0.3 is 0 Å². The Bertz CT molecular complexity index is 465. The quantitative estimate of drug-likeness (QED) is 0.465. The van der Waals surface area contributed by atoms with E-state index < -0.39 is 0 Å². The summed E-state index contributed by atoms with van der Waals surface area (Å²) in [6.07, 6.45) is 0. The molecule has 3 rings (SSSR count). The third kappa shape index (κ3) is 1.97. The van der Waals surface area contributed by atoms with Crippen molar-refractivity contribution in [3.63, 3.8) is 0 Å². The van der Waals surface area contributed by atoms with Crippen LogP contribution >= 0.6 is 0 Å². The van der Waals surface area contributed by atoms with Gasteiger partial charge in [-0.15, -0.1) is 0 Å². The zero-order valence-electron chi connectivity index (χ0n) is 10.2. The van der Waals surface area contributed by atoms with E-state index in [-0.39, 0.29) is 11.5 Å². The first-order valence-electron chi connectivity index (χ1n) is 6.21. The highest BCUT2D eigenvalue weighted by atomic mass is 16.5. The van der Waals surface area contributed by atoms with Gasteiger partial charge in [-0.05, 0) is 11.1 Å². The molecule has 1 aromatic carbocycles. The smallest absolute Gasteiger partial charge is 0.0614 e. The standard InChI is InChI=1S/C13H16N4O/c14-16-15-12-7-17(8-13(12)9-18-10-13)6-11-4-2-1-3-5-11/h1-5,12H,6-10H2/t12-/m0/s1. The van der Waals surface area contributed by atoms with E-state index in [1.165, 1.54) is 5.56 Å². The molecule has 1 spiro atoms. The number of hydrogen-bond acceptors (Lipinski definition) is 3. The molecule has 0 N–H and O–H groups in total. The number of azide groups is 1. The molecular weight excluding hydrogens is 228 g/mol.